The highest BCUT2D eigenvalue weighted by Gasteiger charge is 2.22. The molecule has 8 heteroatoms. The minimum absolute atomic E-state index is 0.0650. The normalized spacial score (nSPS) is 12.9. The number of nitrogens with zero attached hydrogens (tertiary/aromatic N) is 1. The van der Waals surface area contributed by atoms with Crippen LogP contribution < -0.4 is 10.0 Å². The SMILES string of the molecule is CCN(CC)C(CNC(=O)c1cccc(S(=O)(=O)NC(C)C)c1)c1ccccc1Cl. The average Bonchev–Trinajstić information content (AvgIpc) is 2.71. The van der Waals surface area contributed by atoms with Gasteiger partial charge >= 0.3 is 0 Å². The highest BCUT2D eigenvalue weighted by Crippen LogP contribution is 2.27. The summed E-state index contributed by atoms with van der Waals surface area (Å²) in [6.45, 7) is 9.57. The van der Waals surface area contributed by atoms with Crippen LogP contribution in [0, 0.1) is 0 Å². The molecule has 0 bridgehead atoms. The Bertz CT molecular complexity index is 960. The molecule has 0 heterocycles. The van der Waals surface area contributed by atoms with Gasteiger partial charge in [0, 0.05) is 23.2 Å². The molecule has 2 aromatic rings. The van der Waals surface area contributed by atoms with Crippen molar-refractivity contribution in [2.75, 3.05) is 19.6 Å². The van der Waals surface area contributed by atoms with Crippen LogP contribution >= 0.6 is 11.6 Å². The number of nitrogens with one attached hydrogen (secondary N) is 2. The Morgan fingerprint density at radius 2 is 1.73 bits per heavy atom. The maximum absolute atomic E-state index is 12.8. The highest BCUT2D eigenvalue weighted by atomic mass is 35.5. The van der Waals surface area contributed by atoms with Gasteiger partial charge in [0.05, 0.1) is 10.9 Å². The fraction of sp³-hybridized carbons (Fsp3) is 0.409. The molecule has 30 heavy (non-hydrogen) atoms. The molecule has 6 nitrogen and oxygen atoms in total. The van der Waals surface area contributed by atoms with E-state index >= 15 is 0 Å². The van der Waals surface area contributed by atoms with Crippen molar-refractivity contribution in [1.29, 1.82) is 0 Å². The number of likely N-dealkylation sites (N-methyl/N-ethyl adjacent to an activating group) is 1. The molecule has 0 radical (unpaired) electrons. The number of benzene rings is 2. The lowest BCUT2D eigenvalue weighted by atomic mass is 10.0. The van der Waals surface area contributed by atoms with E-state index in [1.165, 1.54) is 12.1 Å². The number of sulfonamides is 1. The number of hydrogen-bond acceptors (Lipinski definition) is 4. The average molecular weight is 452 g/mol. The van der Waals surface area contributed by atoms with Crippen molar-refractivity contribution in [3.8, 4) is 0 Å². The lowest BCUT2D eigenvalue weighted by Crippen LogP contribution is -2.38. The van der Waals surface area contributed by atoms with Gasteiger partial charge in [-0.2, -0.15) is 0 Å². The highest BCUT2D eigenvalue weighted by molar-refractivity contribution is 7.89. The number of carbonyl (C=O) groups is 1. The summed E-state index contributed by atoms with van der Waals surface area (Å²) in [4.78, 5) is 15.1. The molecule has 0 aromatic heterocycles. The van der Waals surface area contributed by atoms with Crippen molar-refractivity contribution in [1.82, 2.24) is 14.9 Å². The Kier molecular flexibility index (Phi) is 8.85. The van der Waals surface area contributed by atoms with Gasteiger partial charge in [0.1, 0.15) is 0 Å². The van der Waals surface area contributed by atoms with Crippen LogP contribution in [0.2, 0.25) is 5.02 Å². The molecular weight excluding hydrogens is 422 g/mol. The third kappa shape index (κ3) is 6.28. The molecule has 164 valence electrons. The fourth-order valence-electron chi connectivity index (χ4n) is 3.32. The first-order chi connectivity index (χ1) is 14.2. The van der Waals surface area contributed by atoms with Crippen molar-refractivity contribution >= 4 is 27.5 Å². The first kappa shape index (κ1) is 24.3. The van der Waals surface area contributed by atoms with E-state index in [2.05, 4.69) is 28.8 Å². The summed E-state index contributed by atoms with van der Waals surface area (Å²) in [6, 6.07) is 13.3. The summed E-state index contributed by atoms with van der Waals surface area (Å²) in [5.41, 5.74) is 1.24. The van der Waals surface area contributed by atoms with Gasteiger partial charge in [-0.15, -0.1) is 0 Å². The van der Waals surface area contributed by atoms with Gasteiger partial charge in [0.15, 0.2) is 0 Å². The fourth-order valence-corrected chi connectivity index (χ4v) is 4.88. The maximum Gasteiger partial charge on any atom is 0.251 e. The molecule has 0 aliphatic heterocycles. The first-order valence-electron chi connectivity index (χ1n) is 10.1. The first-order valence-corrected chi connectivity index (χ1v) is 11.9. The minimum Gasteiger partial charge on any atom is -0.350 e. The summed E-state index contributed by atoms with van der Waals surface area (Å²) in [7, 11) is -3.67. The van der Waals surface area contributed by atoms with Gasteiger partial charge < -0.3 is 5.32 Å². The van der Waals surface area contributed by atoms with Crippen LogP contribution in [0.25, 0.3) is 0 Å². The monoisotopic (exact) mass is 451 g/mol. The Morgan fingerprint density at radius 3 is 2.33 bits per heavy atom. The van der Waals surface area contributed by atoms with Crippen LogP contribution in [0.15, 0.2) is 53.4 Å². The van der Waals surface area contributed by atoms with Crippen LogP contribution in [-0.4, -0.2) is 44.9 Å². The molecule has 0 aliphatic rings. The molecule has 1 unspecified atom stereocenters. The lowest BCUT2D eigenvalue weighted by Gasteiger charge is -2.31. The number of hydrogen-bond donors (Lipinski definition) is 2. The third-order valence-electron chi connectivity index (χ3n) is 4.77. The van der Waals surface area contributed by atoms with E-state index in [9.17, 15) is 13.2 Å². The summed E-state index contributed by atoms with van der Waals surface area (Å²) in [5, 5.41) is 3.59. The van der Waals surface area contributed by atoms with Gasteiger partial charge in [-0.25, -0.2) is 13.1 Å². The van der Waals surface area contributed by atoms with E-state index < -0.39 is 10.0 Å². The van der Waals surface area contributed by atoms with Gasteiger partial charge in [0.2, 0.25) is 10.0 Å². The van der Waals surface area contributed by atoms with E-state index in [0.29, 0.717) is 17.1 Å². The lowest BCUT2D eigenvalue weighted by molar-refractivity contribution is 0.0934. The molecule has 1 atom stereocenters. The van der Waals surface area contributed by atoms with Gasteiger partial charge in [-0.1, -0.05) is 49.7 Å². The van der Waals surface area contributed by atoms with Gasteiger partial charge in [-0.3, -0.25) is 9.69 Å². The molecule has 2 aromatic carbocycles. The Balaban J connectivity index is 2.22. The predicted octanol–water partition coefficient (Wildman–Crippen LogP) is 3.84. The topological polar surface area (TPSA) is 78.5 Å². The summed E-state index contributed by atoms with van der Waals surface area (Å²) >= 11 is 6.41. The second-order valence-electron chi connectivity index (χ2n) is 7.27. The predicted molar refractivity (Wildman–Crippen MR) is 121 cm³/mol. The molecule has 2 N–H and O–H groups in total. The van der Waals surface area contributed by atoms with E-state index in [1.807, 2.05) is 24.3 Å². The Hall–Kier alpha value is -1.93. The summed E-state index contributed by atoms with van der Waals surface area (Å²) < 4.78 is 27.3. The van der Waals surface area contributed by atoms with Crippen LogP contribution in [-0.2, 0) is 10.0 Å². The Labute approximate surface area is 184 Å². The van der Waals surface area contributed by atoms with E-state index in [0.717, 1.165) is 18.7 Å². The zero-order valence-electron chi connectivity index (χ0n) is 17.9. The van der Waals surface area contributed by atoms with Crippen molar-refractivity contribution in [3.05, 3.63) is 64.7 Å². The summed E-state index contributed by atoms with van der Waals surface area (Å²) in [6.07, 6.45) is 0. The van der Waals surface area contributed by atoms with E-state index in [-0.39, 0.29) is 22.9 Å². The van der Waals surface area contributed by atoms with Crippen molar-refractivity contribution in [2.24, 2.45) is 0 Å². The molecule has 0 saturated heterocycles. The van der Waals surface area contributed by atoms with E-state index in [1.54, 1.807) is 26.0 Å². The quantitative estimate of drug-likeness (QED) is 0.575. The smallest absolute Gasteiger partial charge is 0.251 e. The molecule has 2 rings (SSSR count). The van der Waals surface area contributed by atoms with Crippen LogP contribution in [0.4, 0.5) is 0 Å². The molecule has 0 fully saturated rings. The number of rotatable bonds is 10. The molecular formula is C22H30ClN3O3S. The largest absolute Gasteiger partial charge is 0.350 e. The van der Waals surface area contributed by atoms with Crippen LogP contribution in [0.1, 0.15) is 49.7 Å². The molecule has 0 aliphatic carbocycles. The number of halogens is 1. The number of amides is 1. The molecule has 0 spiro atoms. The molecule has 0 saturated carbocycles. The van der Waals surface area contributed by atoms with Gasteiger partial charge in [0.25, 0.3) is 5.91 Å². The molecule has 1 amide bonds. The van der Waals surface area contributed by atoms with Crippen LogP contribution in [0.5, 0.6) is 0 Å². The number of carbonyl (C=O) groups excluding carboxylic acids is 1. The maximum atomic E-state index is 12.8. The second kappa shape index (κ2) is 10.9. The van der Waals surface area contributed by atoms with E-state index in [4.69, 9.17) is 11.6 Å². The van der Waals surface area contributed by atoms with Crippen molar-refractivity contribution in [3.63, 3.8) is 0 Å². The zero-order valence-corrected chi connectivity index (χ0v) is 19.4. The summed E-state index contributed by atoms with van der Waals surface area (Å²) in [5.74, 6) is -0.333. The zero-order chi connectivity index (χ0) is 22.3. The standard InChI is InChI=1S/C22H30ClN3O3S/c1-5-26(6-2)21(19-12-7-8-13-20(19)23)15-24-22(27)17-10-9-11-18(14-17)30(28,29)25-16(3)4/h7-14,16,21,25H,5-6,15H2,1-4H3,(H,24,27). The Morgan fingerprint density at radius 1 is 1.07 bits per heavy atom. The van der Waals surface area contributed by atoms with Gasteiger partial charge in [-0.05, 0) is 56.8 Å². The third-order valence-corrected chi connectivity index (χ3v) is 6.77. The van der Waals surface area contributed by atoms with Crippen molar-refractivity contribution in [2.45, 2.75) is 44.7 Å². The van der Waals surface area contributed by atoms with Crippen molar-refractivity contribution < 1.29 is 13.2 Å². The minimum atomic E-state index is -3.67. The van der Waals surface area contributed by atoms with Crippen LogP contribution in [0.3, 0.4) is 0 Å². The second-order valence-corrected chi connectivity index (χ2v) is 9.39.